The van der Waals surface area contributed by atoms with Crippen molar-refractivity contribution in [2.75, 3.05) is 0 Å². The molecule has 2 aromatic rings. The molecule has 3 heteroatoms. The molecule has 0 aliphatic heterocycles. The van der Waals surface area contributed by atoms with Gasteiger partial charge in [0.15, 0.2) is 0 Å². The van der Waals surface area contributed by atoms with Crippen LogP contribution >= 0.6 is 11.6 Å². The molecule has 0 saturated carbocycles. The van der Waals surface area contributed by atoms with Crippen LogP contribution in [0.2, 0.25) is 5.02 Å². The number of rotatable bonds is 2. The highest BCUT2D eigenvalue weighted by molar-refractivity contribution is 6.30. The van der Waals surface area contributed by atoms with Crippen molar-refractivity contribution < 1.29 is 9.50 Å². The van der Waals surface area contributed by atoms with Crippen molar-refractivity contribution in [1.82, 2.24) is 0 Å². The van der Waals surface area contributed by atoms with Crippen LogP contribution in [-0.2, 0) is 0 Å². The van der Waals surface area contributed by atoms with Crippen LogP contribution in [0.1, 0.15) is 22.8 Å². The zero-order chi connectivity index (χ0) is 12.4. The zero-order valence-corrected chi connectivity index (χ0v) is 10.1. The minimum Gasteiger partial charge on any atom is -0.384 e. The largest absolute Gasteiger partial charge is 0.384 e. The maximum atomic E-state index is 13.0. The van der Waals surface area contributed by atoms with Crippen LogP contribution in [0, 0.1) is 12.7 Å². The van der Waals surface area contributed by atoms with E-state index in [1.165, 1.54) is 18.2 Å². The number of hydrogen-bond acceptors (Lipinski definition) is 1. The summed E-state index contributed by atoms with van der Waals surface area (Å²) in [6.07, 6.45) is -0.784. The second-order valence-corrected chi connectivity index (χ2v) is 4.39. The van der Waals surface area contributed by atoms with Gasteiger partial charge in [-0.3, -0.25) is 0 Å². The number of aliphatic hydroxyl groups excluding tert-OH is 1. The Hall–Kier alpha value is -1.38. The third-order valence-electron chi connectivity index (χ3n) is 2.65. The summed E-state index contributed by atoms with van der Waals surface area (Å²) in [5.41, 5.74) is 2.47. The Morgan fingerprint density at radius 3 is 2.24 bits per heavy atom. The van der Waals surface area contributed by atoms with E-state index in [2.05, 4.69) is 0 Å². The van der Waals surface area contributed by atoms with Crippen LogP contribution in [0.4, 0.5) is 4.39 Å². The maximum Gasteiger partial charge on any atom is 0.141 e. The molecule has 2 rings (SSSR count). The summed E-state index contributed by atoms with van der Waals surface area (Å²) >= 11 is 5.68. The topological polar surface area (TPSA) is 20.2 Å². The van der Waals surface area contributed by atoms with Gasteiger partial charge in [0, 0.05) is 0 Å². The van der Waals surface area contributed by atoms with Crippen LogP contribution in [0.25, 0.3) is 0 Å². The predicted molar refractivity (Wildman–Crippen MR) is 66.7 cm³/mol. The van der Waals surface area contributed by atoms with Gasteiger partial charge in [0.2, 0.25) is 0 Å². The number of benzene rings is 2. The molecule has 0 radical (unpaired) electrons. The van der Waals surface area contributed by atoms with Gasteiger partial charge in [0.05, 0.1) is 5.02 Å². The van der Waals surface area contributed by atoms with E-state index in [1.54, 1.807) is 0 Å². The average molecular weight is 251 g/mol. The fourth-order valence-electron chi connectivity index (χ4n) is 1.62. The third-order valence-corrected chi connectivity index (χ3v) is 2.94. The third kappa shape index (κ3) is 2.65. The Morgan fingerprint density at radius 2 is 1.65 bits per heavy atom. The zero-order valence-electron chi connectivity index (χ0n) is 9.32. The molecule has 1 N–H and O–H groups in total. The highest BCUT2D eigenvalue weighted by atomic mass is 35.5. The highest BCUT2D eigenvalue weighted by Gasteiger charge is 2.11. The molecule has 2 aromatic carbocycles. The van der Waals surface area contributed by atoms with Gasteiger partial charge >= 0.3 is 0 Å². The first-order valence-corrected chi connectivity index (χ1v) is 5.65. The van der Waals surface area contributed by atoms with Crippen LogP contribution in [0.3, 0.4) is 0 Å². The summed E-state index contributed by atoms with van der Waals surface area (Å²) in [6, 6.07) is 11.8. The van der Waals surface area contributed by atoms with E-state index in [0.29, 0.717) is 5.56 Å². The summed E-state index contributed by atoms with van der Waals surface area (Å²) < 4.78 is 13.0. The summed E-state index contributed by atoms with van der Waals surface area (Å²) in [4.78, 5) is 0. The van der Waals surface area contributed by atoms with E-state index in [-0.39, 0.29) is 5.02 Å². The van der Waals surface area contributed by atoms with Gasteiger partial charge in [-0.1, -0.05) is 47.5 Å². The summed E-state index contributed by atoms with van der Waals surface area (Å²) in [5, 5.41) is 10.1. The van der Waals surface area contributed by atoms with E-state index in [1.807, 2.05) is 31.2 Å². The molecular weight excluding hydrogens is 239 g/mol. The van der Waals surface area contributed by atoms with Crippen molar-refractivity contribution in [2.24, 2.45) is 0 Å². The Balaban J connectivity index is 2.33. The van der Waals surface area contributed by atoms with E-state index in [0.717, 1.165) is 11.1 Å². The molecule has 0 aliphatic carbocycles. The molecule has 0 aromatic heterocycles. The highest BCUT2D eigenvalue weighted by Crippen LogP contribution is 2.25. The minimum absolute atomic E-state index is 0.0219. The second-order valence-electron chi connectivity index (χ2n) is 3.99. The molecule has 0 heterocycles. The number of hydrogen-bond donors (Lipinski definition) is 1. The lowest BCUT2D eigenvalue weighted by atomic mass is 10.0. The fourth-order valence-corrected chi connectivity index (χ4v) is 1.81. The van der Waals surface area contributed by atoms with Crippen molar-refractivity contribution in [3.63, 3.8) is 0 Å². The summed E-state index contributed by atoms with van der Waals surface area (Å²) in [5.74, 6) is -0.480. The van der Waals surface area contributed by atoms with Gasteiger partial charge in [-0.05, 0) is 30.2 Å². The van der Waals surface area contributed by atoms with Gasteiger partial charge in [0.25, 0.3) is 0 Å². The first-order valence-electron chi connectivity index (χ1n) is 5.27. The normalized spacial score (nSPS) is 12.5. The predicted octanol–water partition coefficient (Wildman–Crippen LogP) is 3.87. The van der Waals surface area contributed by atoms with Crippen LogP contribution in [0.5, 0.6) is 0 Å². The van der Waals surface area contributed by atoms with Crippen molar-refractivity contribution in [1.29, 1.82) is 0 Å². The molecule has 0 aliphatic rings. The van der Waals surface area contributed by atoms with E-state index >= 15 is 0 Å². The molecule has 0 fully saturated rings. The minimum atomic E-state index is -0.784. The second kappa shape index (κ2) is 4.86. The van der Waals surface area contributed by atoms with E-state index < -0.39 is 11.9 Å². The summed E-state index contributed by atoms with van der Waals surface area (Å²) in [7, 11) is 0. The van der Waals surface area contributed by atoms with Gasteiger partial charge < -0.3 is 5.11 Å². The number of halogens is 2. The quantitative estimate of drug-likeness (QED) is 0.858. The molecule has 17 heavy (non-hydrogen) atoms. The lowest BCUT2D eigenvalue weighted by Crippen LogP contribution is -1.99. The van der Waals surface area contributed by atoms with Crippen molar-refractivity contribution in [3.8, 4) is 0 Å². The van der Waals surface area contributed by atoms with Crippen molar-refractivity contribution in [3.05, 3.63) is 70.0 Å². The van der Waals surface area contributed by atoms with E-state index in [4.69, 9.17) is 11.6 Å². The number of aliphatic hydroxyl groups is 1. The Labute approximate surface area is 104 Å². The lowest BCUT2D eigenvalue weighted by molar-refractivity contribution is 0.220. The molecule has 0 saturated heterocycles. The number of aryl methyl sites for hydroxylation is 1. The molecule has 1 nitrogen and oxygen atoms in total. The molecule has 1 atom stereocenters. The Morgan fingerprint density at radius 1 is 1.06 bits per heavy atom. The Bertz CT molecular complexity index is 522. The smallest absolute Gasteiger partial charge is 0.141 e. The standard InChI is InChI=1S/C14H12ClFO/c1-9-2-4-10(5-3-9)14(17)11-6-7-13(16)12(15)8-11/h2-8,14,17H,1H3/t14-/m1/s1. The maximum absolute atomic E-state index is 13.0. The molecule has 0 unspecified atom stereocenters. The van der Waals surface area contributed by atoms with Crippen molar-refractivity contribution >= 4 is 11.6 Å². The van der Waals surface area contributed by atoms with Gasteiger partial charge in [-0.15, -0.1) is 0 Å². The molecule has 88 valence electrons. The fraction of sp³-hybridized carbons (Fsp3) is 0.143. The summed E-state index contributed by atoms with van der Waals surface area (Å²) in [6.45, 7) is 1.98. The van der Waals surface area contributed by atoms with Crippen LogP contribution in [-0.4, -0.2) is 5.11 Å². The molecule has 0 amide bonds. The molecule has 0 bridgehead atoms. The first-order chi connectivity index (χ1) is 8.08. The van der Waals surface area contributed by atoms with Gasteiger partial charge in [0.1, 0.15) is 11.9 Å². The van der Waals surface area contributed by atoms with E-state index in [9.17, 15) is 9.50 Å². The SMILES string of the molecule is Cc1ccc([C@@H](O)c2ccc(F)c(Cl)c2)cc1. The van der Waals surface area contributed by atoms with Crippen LogP contribution < -0.4 is 0 Å². The van der Waals surface area contributed by atoms with Gasteiger partial charge in [-0.25, -0.2) is 4.39 Å². The van der Waals surface area contributed by atoms with Crippen molar-refractivity contribution in [2.45, 2.75) is 13.0 Å². The van der Waals surface area contributed by atoms with Gasteiger partial charge in [-0.2, -0.15) is 0 Å². The average Bonchev–Trinajstić information content (AvgIpc) is 2.33. The molecular formula is C14H12ClFO. The molecule has 0 spiro atoms. The lowest BCUT2D eigenvalue weighted by Gasteiger charge is -2.12. The first kappa shape index (κ1) is 12.1. The monoisotopic (exact) mass is 250 g/mol. The Kier molecular flexibility index (Phi) is 3.46. The van der Waals surface area contributed by atoms with Crippen LogP contribution in [0.15, 0.2) is 42.5 Å².